The molecule has 3 heteroatoms. The first kappa shape index (κ1) is 14.3. The highest BCUT2D eigenvalue weighted by Crippen LogP contribution is 2.24. The van der Waals surface area contributed by atoms with E-state index in [1.54, 1.807) is 0 Å². The molecule has 0 aliphatic rings. The van der Waals surface area contributed by atoms with Gasteiger partial charge in [-0.25, -0.2) is 0 Å². The van der Waals surface area contributed by atoms with Gasteiger partial charge in [0.25, 0.3) is 0 Å². The third-order valence-electron chi connectivity index (χ3n) is 2.93. The molecule has 100 valence electrons. The lowest BCUT2D eigenvalue weighted by molar-refractivity contribution is 0.0258. The van der Waals surface area contributed by atoms with Gasteiger partial charge in [-0.3, -0.25) is 0 Å². The molecule has 0 aromatic heterocycles. The summed E-state index contributed by atoms with van der Waals surface area (Å²) in [7, 11) is 0. The lowest BCUT2D eigenvalue weighted by atomic mass is 10.0. The van der Waals surface area contributed by atoms with Gasteiger partial charge in [-0.15, -0.1) is 0 Å². The van der Waals surface area contributed by atoms with Crippen LogP contribution in [0.15, 0.2) is 59.1 Å². The first-order valence-corrected chi connectivity index (χ1v) is 7.12. The van der Waals surface area contributed by atoms with Crippen LogP contribution in [0.5, 0.6) is 0 Å². The molecule has 0 aliphatic heterocycles. The van der Waals surface area contributed by atoms with Crippen molar-refractivity contribution < 1.29 is 4.74 Å². The number of nitrogens with two attached hydrogens (primary N) is 1. The lowest BCUT2D eigenvalue weighted by Gasteiger charge is -2.22. The van der Waals surface area contributed by atoms with Crippen LogP contribution in [0.4, 0.5) is 0 Å². The van der Waals surface area contributed by atoms with Gasteiger partial charge in [0, 0.05) is 10.5 Å². The molecule has 2 atom stereocenters. The molecule has 0 fully saturated rings. The summed E-state index contributed by atoms with van der Waals surface area (Å²) in [5, 5.41) is 0. The molecule has 2 N–H and O–H groups in total. The number of ether oxygens (including phenoxy) is 1. The Morgan fingerprint density at radius 1 is 1.11 bits per heavy atom. The predicted octanol–water partition coefficient (Wildman–Crippen LogP) is 4.05. The Bertz CT molecular complexity index is 513. The first-order valence-electron chi connectivity index (χ1n) is 6.33. The minimum atomic E-state index is -0.0993. The van der Waals surface area contributed by atoms with E-state index in [0.717, 1.165) is 15.6 Å². The Balaban J connectivity index is 2.09. The fourth-order valence-electron chi connectivity index (χ4n) is 2.00. The van der Waals surface area contributed by atoms with E-state index >= 15 is 0 Å². The largest absolute Gasteiger partial charge is 0.367 e. The van der Waals surface area contributed by atoms with E-state index in [1.807, 2.05) is 43.3 Å². The maximum atomic E-state index is 6.04. The van der Waals surface area contributed by atoms with Crippen molar-refractivity contribution in [2.75, 3.05) is 0 Å². The summed E-state index contributed by atoms with van der Waals surface area (Å²) >= 11 is 3.48. The van der Waals surface area contributed by atoms with Crippen LogP contribution in [0.3, 0.4) is 0 Å². The number of hydrogen-bond donors (Lipinski definition) is 1. The predicted molar refractivity (Wildman–Crippen MR) is 81.8 cm³/mol. The van der Waals surface area contributed by atoms with Crippen LogP contribution in [0, 0.1) is 0 Å². The molecule has 2 aromatic rings. The second-order valence-corrected chi connectivity index (χ2v) is 5.55. The zero-order valence-corrected chi connectivity index (χ0v) is 12.5. The monoisotopic (exact) mass is 319 g/mol. The summed E-state index contributed by atoms with van der Waals surface area (Å²) in [6, 6.07) is 18.2. The Kier molecular flexibility index (Phi) is 5.14. The lowest BCUT2D eigenvalue weighted by Crippen LogP contribution is -2.26. The molecule has 0 spiro atoms. The maximum absolute atomic E-state index is 6.04. The minimum absolute atomic E-state index is 0.0574. The fourth-order valence-corrected chi connectivity index (χ4v) is 2.41. The summed E-state index contributed by atoms with van der Waals surface area (Å²) in [5.41, 5.74) is 8.30. The molecule has 19 heavy (non-hydrogen) atoms. The molecular formula is C16H18BrNO. The van der Waals surface area contributed by atoms with Gasteiger partial charge in [-0.2, -0.15) is 0 Å². The summed E-state index contributed by atoms with van der Waals surface area (Å²) < 4.78 is 7.03. The topological polar surface area (TPSA) is 35.2 Å². The second-order valence-electron chi connectivity index (χ2n) is 4.63. The smallest absolute Gasteiger partial charge is 0.0977 e. The van der Waals surface area contributed by atoms with Crippen LogP contribution in [0.2, 0.25) is 0 Å². The molecule has 2 unspecified atom stereocenters. The van der Waals surface area contributed by atoms with E-state index < -0.39 is 0 Å². The molecule has 0 amide bonds. The SMILES string of the molecule is CC(N)C(OCc1ccccc1)c1cccc(Br)c1. The van der Waals surface area contributed by atoms with E-state index in [-0.39, 0.29) is 12.1 Å². The van der Waals surface area contributed by atoms with Gasteiger partial charge in [0.1, 0.15) is 0 Å². The van der Waals surface area contributed by atoms with Gasteiger partial charge >= 0.3 is 0 Å². The molecule has 2 rings (SSSR count). The third kappa shape index (κ3) is 4.16. The fraction of sp³-hybridized carbons (Fsp3) is 0.250. The van der Waals surface area contributed by atoms with Crippen molar-refractivity contribution in [3.63, 3.8) is 0 Å². The number of rotatable bonds is 5. The van der Waals surface area contributed by atoms with Gasteiger partial charge in [0.2, 0.25) is 0 Å². The van der Waals surface area contributed by atoms with Crippen LogP contribution in [0.25, 0.3) is 0 Å². The summed E-state index contributed by atoms with van der Waals surface area (Å²) in [6.45, 7) is 2.54. The highest BCUT2D eigenvalue weighted by atomic mass is 79.9. The van der Waals surface area contributed by atoms with E-state index in [2.05, 4.69) is 34.1 Å². The summed E-state index contributed by atoms with van der Waals surface area (Å²) in [5.74, 6) is 0. The molecule has 0 saturated carbocycles. The molecular weight excluding hydrogens is 302 g/mol. The van der Waals surface area contributed by atoms with Gasteiger partial charge in [-0.05, 0) is 30.2 Å². The molecule has 0 saturated heterocycles. The highest BCUT2D eigenvalue weighted by Gasteiger charge is 2.17. The Labute approximate surface area is 122 Å². The van der Waals surface area contributed by atoms with E-state index in [9.17, 15) is 0 Å². The molecule has 0 bridgehead atoms. The van der Waals surface area contributed by atoms with Crippen molar-refractivity contribution in [2.24, 2.45) is 5.73 Å². The quantitative estimate of drug-likeness (QED) is 0.902. The first-order chi connectivity index (χ1) is 9.16. The van der Waals surface area contributed by atoms with Crippen molar-refractivity contribution >= 4 is 15.9 Å². The van der Waals surface area contributed by atoms with Gasteiger partial charge < -0.3 is 10.5 Å². The molecule has 0 aliphatic carbocycles. The van der Waals surface area contributed by atoms with Crippen LogP contribution < -0.4 is 5.73 Å². The Hall–Kier alpha value is -1.16. The van der Waals surface area contributed by atoms with Crippen LogP contribution in [-0.4, -0.2) is 6.04 Å². The average molecular weight is 320 g/mol. The minimum Gasteiger partial charge on any atom is -0.367 e. The number of benzene rings is 2. The average Bonchev–Trinajstić information content (AvgIpc) is 2.40. The zero-order valence-electron chi connectivity index (χ0n) is 10.9. The van der Waals surface area contributed by atoms with Crippen molar-refractivity contribution in [3.8, 4) is 0 Å². The molecule has 2 nitrogen and oxygen atoms in total. The van der Waals surface area contributed by atoms with Crippen molar-refractivity contribution in [3.05, 3.63) is 70.2 Å². The molecule has 0 heterocycles. The molecule has 0 radical (unpaired) electrons. The van der Waals surface area contributed by atoms with Gasteiger partial charge in [-0.1, -0.05) is 58.4 Å². The van der Waals surface area contributed by atoms with E-state index in [4.69, 9.17) is 10.5 Å². The number of halogens is 1. The maximum Gasteiger partial charge on any atom is 0.0977 e. The van der Waals surface area contributed by atoms with Crippen LogP contribution >= 0.6 is 15.9 Å². The van der Waals surface area contributed by atoms with Gasteiger partial charge in [0.15, 0.2) is 0 Å². The van der Waals surface area contributed by atoms with Gasteiger partial charge in [0.05, 0.1) is 12.7 Å². The summed E-state index contributed by atoms with van der Waals surface area (Å²) in [6.07, 6.45) is -0.0993. The normalized spacial score (nSPS) is 14.1. The van der Waals surface area contributed by atoms with Crippen molar-refractivity contribution in [1.82, 2.24) is 0 Å². The van der Waals surface area contributed by atoms with Crippen LogP contribution in [-0.2, 0) is 11.3 Å². The Morgan fingerprint density at radius 2 is 1.84 bits per heavy atom. The standard InChI is InChI=1S/C16H18BrNO/c1-12(18)16(14-8-5-9-15(17)10-14)19-11-13-6-3-2-4-7-13/h2-10,12,16H,11,18H2,1H3. The summed E-state index contributed by atoms with van der Waals surface area (Å²) in [4.78, 5) is 0. The van der Waals surface area contributed by atoms with E-state index in [1.165, 1.54) is 0 Å². The number of hydrogen-bond acceptors (Lipinski definition) is 2. The van der Waals surface area contributed by atoms with Crippen molar-refractivity contribution in [2.45, 2.75) is 25.7 Å². The highest BCUT2D eigenvalue weighted by molar-refractivity contribution is 9.10. The van der Waals surface area contributed by atoms with Crippen molar-refractivity contribution in [1.29, 1.82) is 0 Å². The Morgan fingerprint density at radius 3 is 2.47 bits per heavy atom. The zero-order chi connectivity index (χ0) is 13.7. The second kappa shape index (κ2) is 6.85. The molecule has 2 aromatic carbocycles. The third-order valence-corrected chi connectivity index (χ3v) is 3.42. The van der Waals surface area contributed by atoms with E-state index in [0.29, 0.717) is 6.61 Å². The van der Waals surface area contributed by atoms with Crippen LogP contribution in [0.1, 0.15) is 24.2 Å².